The molecule has 1 aliphatic heterocycles. The van der Waals surface area contributed by atoms with Gasteiger partial charge >= 0.3 is 0 Å². The number of benzene rings is 1. The molecule has 1 aromatic rings. The van der Waals surface area contributed by atoms with E-state index in [4.69, 9.17) is 0 Å². The van der Waals surface area contributed by atoms with Gasteiger partial charge in [0.25, 0.3) is 5.91 Å². The van der Waals surface area contributed by atoms with Crippen LogP contribution in [0.2, 0.25) is 0 Å². The molecule has 1 heterocycles. The van der Waals surface area contributed by atoms with Gasteiger partial charge in [-0.3, -0.25) is 4.79 Å². The molecule has 1 aliphatic rings. The first-order valence-electron chi connectivity index (χ1n) is 4.43. The minimum absolute atomic E-state index is 0.205. The summed E-state index contributed by atoms with van der Waals surface area (Å²) in [4.78, 5) is 13.1. The molecule has 74 valence electrons. The smallest absolute Gasteiger partial charge is 0.255 e. The number of carbonyl (C=O) groups is 1. The largest absolute Gasteiger partial charge is 0.383 e. The number of aliphatic hydroxyl groups excluding tert-OH is 1. The third kappa shape index (κ3) is 1.67. The van der Waals surface area contributed by atoms with Crippen LogP contribution in [0, 0.1) is 0 Å². The van der Waals surface area contributed by atoms with Gasteiger partial charge in [-0.1, -0.05) is 22.0 Å². The average molecular weight is 256 g/mol. The van der Waals surface area contributed by atoms with E-state index in [1.54, 1.807) is 4.90 Å². The van der Waals surface area contributed by atoms with E-state index in [2.05, 4.69) is 15.9 Å². The Hall–Kier alpha value is -0.870. The fraction of sp³-hybridized carbons (Fsp3) is 0.300. The minimum Gasteiger partial charge on any atom is -0.383 e. The van der Waals surface area contributed by atoms with Crippen molar-refractivity contribution in [2.24, 2.45) is 0 Å². The number of hydrogen-bond acceptors (Lipinski definition) is 2. The van der Waals surface area contributed by atoms with Crippen LogP contribution >= 0.6 is 15.9 Å². The summed E-state index contributed by atoms with van der Waals surface area (Å²) in [5, 5.41) is 9.30. The second kappa shape index (κ2) is 3.71. The van der Waals surface area contributed by atoms with E-state index in [-0.39, 0.29) is 5.91 Å². The maximum atomic E-state index is 11.5. The van der Waals surface area contributed by atoms with Crippen molar-refractivity contribution >= 4 is 27.5 Å². The van der Waals surface area contributed by atoms with Crippen LogP contribution in [-0.2, 0) is 4.79 Å². The third-order valence-electron chi connectivity index (χ3n) is 2.30. The summed E-state index contributed by atoms with van der Waals surface area (Å²) in [6.45, 7) is 0.594. The predicted molar refractivity (Wildman–Crippen MR) is 57.1 cm³/mol. The molecule has 0 spiro atoms. The van der Waals surface area contributed by atoms with E-state index in [0.717, 1.165) is 10.2 Å². The Labute approximate surface area is 90.5 Å². The molecule has 14 heavy (non-hydrogen) atoms. The summed E-state index contributed by atoms with van der Waals surface area (Å²) in [6, 6.07) is 7.51. The molecule has 2 rings (SSSR count). The van der Waals surface area contributed by atoms with E-state index >= 15 is 0 Å². The van der Waals surface area contributed by atoms with E-state index in [9.17, 15) is 9.90 Å². The number of anilines is 1. The quantitative estimate of drug-likeness (QED) is 0.828. The molecule has 0 unspecified atom stereocenters. The molecule has 0 aromatic heterocycles. The maximum absolute atomic E-state index is 11.5. The summed E-state index contributed by atoms with van der Waals surface area (Å²) < 4.78 is 0.934. The van der Waals surface area contributed by atoms with E-state index in [0.29, 0.717) is 13.0 Å². The van der Waals surface area contributed by atoms with Gasteiger partial charge in [-0.05, 0) is 18.2 Å². The van der Waals surface area contributed by atoms with Crippen molar-refractivity contribution in [1.29, 1.82) is 0 Å². The van der Waals surface area contributed by atoms with Gasteiger partial charge in [-0.25, -0.2) is 0 Å². The van der Waals surface area contributed by atoms with Crippen LogP contribution in [0.4, 0.5) is 5.69 Å². The van der Waals surface area contributed by atoms with Crippen molar-refractivity contribution in [3.05, 3.63) is 28.7 Å². The normalized spacial score (nSPS) is 21.7. The lowest BCUT2D eigenvalue weighted by molar-refractivity contribution is -0.123. The third-order valence-corrected chi connectivity index (χ3v) is 2.79. The van der Waals surface area contributed by atoms with Crippen molar-refractivity contribution in [1.82, 2.24) is 0 Å². The van der Waals surface area contributed by atoms with Gasteiger partial charge in [0, 0.05) is 23.1 Å². The zero-order chi connectivity index (χ0) is 10.1. The van der Waals surface area contributed by atoms with Crippen LogP contribution in [0.25, 0.3) is 0 Å². The number of rotatable bonds is 1. The first-order chi connectivity index (χ1) is 6.68. The monoisotopic (exact) mass is 255 g/mol. The molecule has 4 heteroatoms. The van der Waals surface area contributed by atoms with Crippen LogP contribution in [0.1, 0.15) is 6.42 Å². The van der Waals surface area contributed by atoms with Crippen molar-refractivity contribution in [2.75, 3.05) is 11.4 Å². The topological polar surface area (TPSA) is 40.5 Å². The second-order valence-electron chi connectivity index (χ2n) is 3.27. The molecular weight excluding hydrogens is 246 g/mol. The van der Waals surface area contributed by atoms with E-state index in [1.807, 2.05) is 24.3 Å². The van der Waals surface area contributed by atoms with Crippen LogP contribution < -0.4 is 4.90 Å². The minimum atomic E-state index is -0.825. The van der Waals surface area contributed by atoms with Gasteiger partial charge in [-0.2, -0.15) is 0 Å². The Kier molecular flexibility index (Phi) is 2.56. The molecule has 0 aliphatic carbocycles. The molecule has 1 amide bonds. The van der Waals surface area contributed by atoms with E-state index < -0.39 is 6.10 Å². The lowest BCUT2D eigenvalue weighted by atomic mass is 10.3. The summed E-state index contributed by atoms with van der Waals surface area (Å²) in [7, 11) is 0. The first kappa shape index (κ1) is 9.68. The summed E-state index contributed by atoms with van der Waals surface area (Å²) in [5.41, 5.74) is 0.834. The van der Waals surface area contributed by atoms with Gasteiger partial charge < -0.3 is 10.0 Å². The highest BCUT2D eigenvalue weighted by atomic mass is 79.9. The molecule has 1 fully saturated rings. The SMILES string of the molecule is O=C1[C@@H](O)CCN1c1cccc(Br)c1. The van der Waals surface area contributed by atoms with E-state index in [1.165, 1.54) is 0 Å². The number of carbonyl (C=O) groups excluding carboxylic acids is 1. The number of hydrogen-bond donors (Lipinski definition) is 1. The number of amides is 1. The van der Waals surface area contributed by atoms with Crippen LogP contribution in [0.3, 0.4) is 0 Å². The molecule has 0 radical (unpaired) electrons. The van der Waals surface area contributed by atoms with Gasteiger partial charge in [0.15, 0.2) is 0 Å². The highest BCUT2D eigenvalue weighted by molar-refractivity contribution is 9.10. The van der Waals surface area contributed by atoms with Gasteiger partial charge in [0.1, 0.15) is 6.10 Å². The number of halogens is 1. The molecule has 1 saturated heterocycles. The van der Waals surface area contributed by atoms with Gasteiger partial charge in [0.2, 0.25) is 0 Å². The molecule has 1 atom stereocenters. The van der Waals surface area contributed by atoms with Crippen LogP contribution in [-0.4, -0.2) is 23.7 Å². The van der Waals surface area contributed by atoms with Gasteiger partial charge in [0.05, 0.1) is 0 Å². The standard InChI is InChI=1S/C10H10BrNO2/c11-7-2-1-3-8(6-7)12-5-4-9(13)10(12)14/h1-3,6,9,13H,4-5H2/t9-/m0/s1. The maximum Gasteiger partial charge on any atom is 0.255 e. The number of aliphatic hydroxyl groups is 1. The molecular formula is C10H10BrNO2. The van der Waals surface area contributed by atoms with Crippen LogP contribution in [0.15, 0.2) is 28.7 Å². The summed E-state index contributed by atoms with van der Waals surface area (Å²) in [6.07, 6.45) is -0.306. The first-order valence-corrected chi connectivity index (χ1v) is 5.23. The lowest BCUT2D eigenvalue weighted by Gasteiger charge is -2.15. The summed E-state index contributed by atoms with van der Waals surface area (Å²) in [5.74, 6) is -0.205. The Bertz CT molecular complexity index is 367. The van der Waals surface area contributed by atoms with Crippen molar-refractivity contribution < 1.29 is 9.90 Å². The zero-order valence-electron chi connectivity index (χ0n) is 7.48. The Morgan fingerprint density at radius 1 is 1.50 bits per heavy atom. The molecule has 1 N–H and O–H groups in total. The zero-order valence-corrected chi connectivity index (χ0v) is 9.07. The molecule has 0 bridgehead atoms. The molecule has 0 saturated carbocycles. The van der Waals surface area contributed by atoms with Crippen molar-refractivity contribution in [3.8, 4) is 0 Å². The van der Waals surface area contributed by atoms with Gasteiger partial charge in [-0.15, -0.1) is 0 Å². The molecule has 3 nitrogen and oxygen atoms in total. The molecule has 1 aromatic carbocycles. The Morgan fingerprint density at radius 3 is 2.86 bits per heavy atom. The summed E-state index contributed by atoms with van der Waals surface area (Å²) >= 11 is 3.34. The highest BCUT2D eigenvalue weighted by Gasteiger charge is 2.30. The van der Waals surface area contributed by atoms with Crippen LogP contribution in [0.5, 0.6) is 0 Å². The predicted octanol–water partition coefficient (Wildman–Crippen LogP) is 1.55. The lowest BCUT2D eigenvalue weighted by Crippen LogP contribution is -2.28. The second-order valence-corrected chi connectivity index (χ2v) is 4.19. The Morgan fingerprint density at radius 2 is 2.29 bits per heavy atom. The van der Waals surface area contributed by atoms with Crippen molar-refractivity contribution in [2.45, 2.75) is 12.5 Å². The highest BCUT2D eigenvalue weighted by Crippen LogP contribution is 2.24. The Balaban J connectivity index is 2.28. The fourth-order valence-corrected chi connectivity index (χ4v) is 1.95. The number of nitrogens with zero attached hydrogens (tertiary/aromatic N) is 1. The fourth-order valence-electron chi connectivity index (χ4n) is 1.57. The van der Waals surface area contributed by atoms with Crippen molar-refractivity contribution in [3.63, 3.8) is 0 Å². The average Bonchev–Trinajstić information content (AvgIpc) is 2.48.